The number of nitrogens with zero attached hydrogens (tertiary/aromatic N) is 1. The van der Waals surface area contributed by atoms with Gasteiger partial charge in [0.25, 0.3) is 0 Å². The predicted octanol–water partition coefficient (Wildman–Crippen LogP) is 1.85. The lowest BCUT2D eigenvalue weighted by Gasteiger charge is -2.35. The summed E-state index contributed by atoms with van der Waals surface area (Å²) in [5.41, 5.74) is 7.57. The zero-order valence-electron chi connectivity index (χ0n) is 11.7. The van der Waals surface area contributed by atoms with E-state index in [1.54, 1.807) is 0 Å². The first-order valence-electron chi connectivity index (χ1n) is 6.54. The lowest BCUT2D eigenvalue weighted by Crippen LogP contribution is -2.44. The van der Waals surface area contributed by atoms with Crippen LogP contribution < -0.4 is 10.6 Å². The van der Waals surface area contributed by atoms with Crippen molar-refractivity contribution < 1.29 is 14.3 Å². The van der Waals surface area contributed by atoms with Gasteiger partial charge in [-0.15, -0.1) is 0 Å². The maximum absolute atomic E-state index is 11.4. The molecule has 1 atom stereocenters. The quantitative estimate of drug-likeness (QED) is 0.642. The maximum Gasteiger partial charge on any atom is 0.308 e. The Hall–Kier alpha value is -1.18. The average molecular weight is 373 g/mol. The fraction of sp³-hybridized carbons (Fsp3) is 0.429. The van der Waals surface area contributed by atoms with Gasteiger partial charge in [-0.3, -0.25) is 4.79 Å². The Morgan fingerprint density at radius 1 is 1.62 bits per heavy atom. The van der Waals surface area contributed by atoms with Gasteiger partial charge in [0, 0.05) is 28.8 Å². The Balaban J connectivity index is 2.19. The standard InChI is InChI=1S/C14H17BrN2O3S/c1-19-13(18)7-10-8-17(4-5-20-10)12-6-9(15)2-3-11(12)14(16)21/h2-3,6,10H,4-5,7-8H2,1H3,(H2,16,21). The van der Waals surface area contributed by atoms with Crippen LogP contribution in [0, 0.1) is 0 Å². The van der Waals surface area contributed by atoms with Crippen LogP contribution in [0.25, 0.3) is 0 Å². The summed E-state index contributed by atoms with van der Waals surface area (Å²) in [7, 11) is 1.38. The molecule has 5 nitrogen and oxygen atoms in total. The van der Waals surface area contributed by atoms with Gasteiger partial charge in [0.2, 0.25) is 0 Å². The van der Waals surface area contributed by atoms with Crippen LogP contribution in [0.2, 0.25) is 0 Å². The molecule has 0 aromatic heterocycles. The highest BCUT2D eigenvalue weighted by Gasteiger charge is 2.25. The Labute approximate surface area is 137 Å². The summed E-state index contributed by atoms with van der Waals surface area (Å²) < 4.78 is 11.3. The molecule has 0 saturated carbocycles. The molecule has 1 aromatic rings. The van der Waals surface area contributed by atoms with E-state index in [0.29, 0.717) is 18.1 Å². The van der Waals surface area contributed by atoms with Crippen molar-refractivity contribution in [1.82, 2.24) is 0 Å². The molecular weight excluding hydrogens is 356 g/mol. The van der Waals surface area contributed by atoms with Crippen molar-refractivity contribution in [3.8, 4) is 0 Å². The number of anilines is 1. The zero-order valence-corrected chi connectivity index (χ0v) is 14.1. The number of ether oxygens (including phenoxy) is 2. The van der Waals surface area contributed by atoms with Crippen molar-refractivity contribution in [3.05, 3.63) is 28.2 Å². The fourth-order valence-electron chi connectivity index (χ4n) is 2.31. The number of hydrogen-bond donors (Lipinski definition) is 1. The molecule has 1 fully saturated rings. The van der Waals surface area contributed by atoms with Gasteiger partial charge in [0.15, 0.2) is 0 Å². The van der Waals surface area contributed by atoms with Crippen LogP contribution in [0.1, 0.15) is 12.0 Å². The Bertz CT molecular complexity index is 553. The fourth-order valence-corrected chi connectivity index (χ4v) is 2.83. The molecule has 7 heteroatoms. The van der Waals surface area contributed by atoms with Gasteiger partial charge >= 0.3 is 5.97 Å². The first-order chi connectivity index (χ1) is 10.0. The molecule has 0 aliphatic carbocycles. The van der Waals surface area contributed by atoms with E-state index in [0.717, 1.165) is 22.3 Å². The highest BCUT2D eigenvalue weighted by molar-refractivity contribution is 9.10. The first kappa shape index (κ1) is 16.2. The van der Waals surface area contributed by atoms with E-state index in [2.05, 4.69) is 25.6 Å². The van der Waals surface area contributed by atoms with Crippen molar-refractivity contribution in [2.75, 3.05) is 31.7 Å². The van der Waals surface area contributed by atoms with Gasteiger partial charge < -0.3 is 20.1 Å². The SMILES string of the molecule is COC(=O)CC1CN(c2cc(Br)ccc2C(N)=S)CCO1. The topological polar surface area (TPSA) is 64.8 Å². The molecule has 0 radical (unpaired) electrons. The number of morpholine rings is 1. The summed E-state index contributed by atoms with van der Waals surface area (Å²) in [6.07, 6.45) is 0.0491. The van der Waals surface area contributed by atoms with Crippen LogP contribution >= 0.6 is 28.1 Å². The third kappa shape index (κ3) is 4.15. The number of halogens is 1. The molecule has 1 unspecified atom stereocenters. The van der Waals surface area contributed by atoms with Crippen molar-refractivity contribution in [2.24, 2.45) is 5.73 Å². The molecule has 2 rings (SSSR count). The minimum Gasteiger partial charge on any atom is -0.469 e. The average Bonchev–Trinajstić information content (AvgIpc) is 2.47. The maximum atomic E-state index is 11.4. The van der Waals surface area contributed by atoms with Crippen LogP contribution in [-0.4, -0.2) is 43.9 Å². The van der Waals surface area contributed by atoms with Gasteiger partial charge in [0.1, 0.15) is 4.99 Å². The molecule has 1 heterocycles. The summed E-state index contributed by atoms with van der Waals surface area (Å²) in [6.45, 7) is 1.87. The second kappa shape index (κ2) is 7.20. The van der Waals surface area contributed by atoms with E-state index < -0.39 is 0 Å². The molecular formula is C14H17BrN2O3S. The van der Waals surface area contributed by atoms with Gasteiger partial charge in [-0.25, -0.2) is 0 Å². The number of methoxy groups -OCH3 is 1. The molecule has 1 saturated heterocycles. The molecule has 1 aliphatic rings. The highest BCUT2D eigenvalue weighted by Crippen LogP contribution is 2.27. The Morgan fingerprint density at radius 2 is 2.38 bits per heavy atom. The second-order valence-electron chi connectivity index (χ2n) is 4.74. The molecule has 0 bridgehead atoms. The van der Waals surface area contributed by atoms with Crippen molar-refractivity contribution in [3.63, 3.8) is 0 Å². The number of benzene rings is 1. The van der Waals surface area contributed by atoms with E-state index in [1.165, 1.54) is 7.11 Å². The summed E-state index contributed by atoms with van der Waals surface area (Å²) >= 11 is 8.57. The van der Waals surface area contributed by atoms with E-state index in [1.807, 2.05) is 18.2 Å². The third-order valence-corrected chi connectivity index (χ3v) is 4.04. The molecule has 0 spiro atoms. The Morgan fingerprint density at radius 3 is 3.05 bits per heavy atom. The lowest BCUT2D eigenvalue weighted by atomic mass is 10.1. The number of carbonyl (C=O) groups is 1. The van der Waals surface area contributed by atoms with Gasteiger partial charge in [-0.2, -0.15) is 0 Å². The molecule has 1 aliphatic heterocycles. The lowest BCUT2D eigenvalue weighted by molar-refractivity contribution is -0.144. The smallest absolute Gasteiger partial charge is 0.308 e. The largest absolute Gasteiger partial charge is 0.469 e. The highest BCUT2D eigenvalue weighted by atomic mass is 79.9. The van der Waals surface area contributed by atoms with E-state index in [9.17, 15) is 4.79 Å². The number of esters is 1. The monoisotopic (exact) mass is 372 g/mol. The minimum absolute atomic E-state index is 0.190. The molecule has 2 N–H and O–H groups in total. The van der Waals surface area contributed by atoms with Crippen LogP contribution in [0.4, 0.5) is 5.69 Å². The first-order valence-corrected chi connectivity index (χ1v) is 7.74. The summed E-state index contributed by atoms with van der Waals surface area (Å²) in [5, 5.41) is 0. The van der Waals surface area contributed by atoms with Crippen LogP contribution in [0.5, 0.6) is 0 Å². The number of hydrogen-bond acceptors (Lipinski definition) is 5. The number of thiocarbonyl (C=S) groups is 1. The molecule has 114 valence electrons. The predicted molar refractivity (Wildman–Crippen MR) is 88.6 cm³/mol. The summed E-state index contributed by atoms with van der Waals surface area (Å²) in [6, 6.07) is 5.78. The van der Waals surface area contributed by atoms with E-state index in [4.69, 9.17) is 22.7 Å². The van der Waals surface area contributed by atoms with Crippen LogP contribution in [0.15, 0.2) is 22.7 Å². The molecule has 0 amide bonds. The van der Waals surface area contributed by atoms with Crippen molar-refractivity contribution in [1.29, 1.82) is 0 Å². The normalized spacial score (nSPS) is 18.4. The third-order valence-electron chi connectivity index (χ3n) is 3.33. The van der Waals surface area contributed by atoms with Crippen LogP contribution in [0.3, 0.4) is 0 Å². The number of nitrogens with two attached hydrogens (primary N) is 1. The van der Waals surface area contributed by atoms with E-state index >= 15 is 0 Å². The van der Waals surface area contributed by atoms with Gasteiger partial charge in [-0.1, -0.05) is 28.1 Å². The Kier molecular flexibility index (Phi) is 5.55. The van der Waals surface area contributed by atoms with Crippen molar-refractivity contribution >= 4 is 44.8 Å². The molecule has 21 heavy (non-hydrogen) atoms. The summed E-state index contributed by atoms with van der Waals surface area (Å²) in [5.74, 6) is -0.273. The second-order valence-corrected chi connectivity index (χ2v) is 6.10. The zero-order chi connectivity index (χ0) is 15.4. The minimum atomic E-state index is -0.273. The van der Waals surface area contributed by atoms with Crippen LogP contribution in [-0.2, 0) is 14.3 Å². The molecule has 1 aromatic carbocycles. The van der Waals surface area contributed by atoms with E-state index in [-0.39, 0.29) is 18.5 Å². The van der Waals surface area contributed by atoms with Gasteiger partial charge in [-0.05, 0) is 18.2 Å². The van der Waals surface area contributed by atoms with Crippen molar-refractivity contribution in [2.45, 2.75) is 12.5 Å². The summed E-state index contributed by atoms with van der Waals surface area (Å²) in [4.78, 5) is 13.9. The van der Waals surface area contributed by atoms with Gasteiger partial charge in [0.05, 0.1) is 26.2 Å². The number of carbonyl (C=O) groups excluding carboxylic acids is 1. The number of rotatable bonds is 4.